The third kappa shape index (κ3) is 2.96. The van der Waals surface area contributed by atoms with Gasteiger partial charge in [0.1, 0.15) is 6.29 Å². The molecule has 0 aliphatic heterocycles. The smallest absolute Gasteiger partial charge is 0.122 e. The summed E-state index contributed by atoms with van der Waals surface area (Å²) in [7, 11) is 0. The van der Waals surface area contributed by atoms with Crippen molar-refractivity contribution in [3.05, 3.63) is 0 Å². The SMILES string of the molecule is CC(C=O)CCC1CCC(C)C1. The molecule has 12 heavy (non-hydrogen) atoms. The Kier molecular flexibility index (Phi) is 3.77. The van der Waals surface area contributed by atoms with Crippen LogP contribution in [0.2, 0.25) is 0 Å². The molecule has 1 fully saturated rings. The highest BCUT2D eigenvalue weighted by Gasteiger charge is 2.21. The highest BCUT2D eigenvalue weighted by atomic mass is 16.1. The second-order valence-corrected chi connectivity index (χ2v) is 4.47. The Morgan fingerprint density at radius 2 is 2.25 bits per heavy atom. The normalized spacial score (nSPS) is 31.8. The molecule has 0 amide bonds. The van der Waals surface area contributed by atoms with E-state index in [-0.39, 0.29) is 5.92 Å². The van der Waals surface area contributed by atoms with Gasteiger partial charge in [0.05, 0.1) is 0 Å². The van der Waals surface area contributed by atoms with Gasteiger partial charge in [-0.05, 0) is 31.1 Å². The Labute approximate surface area is 75.5 Å². The topological polar surface area (TPSA) is 17.1 Å². The molecule has 0 heterocycles. The van der Waals surface area contributed by atoms with Gasteiger partial charge in [-0.2, -0.15) is 0 Å². The van der Waals surface area contributed by atoms with Gasteiger partial charge in [-0.25, -0.2) is 0 Å². The van der Waals surface area contributed by atoms with Crippen LogP contribution in [0.1, 0.15) is 46.0 Å². The first-order valence-electron chi connectivity index (χ1n) is 5.17. The first-order chi connectivity index (χ1) is 5.72. The average Bonchev–Trinajstić information content (AvgIpc) is 2.47. The van der Waals surface area contributed by atoms with Gasteiger partial charge in [-0.3, -0.25) is 0 Å². The van der Waals surface area contributed by atoms with Gasteiger partial charge in [0.25, 0.3) is 0 Å². The average molecular weight is 168 g/mol. The number of carbonyl (C=O) groups excluding carboxylic acids is 1. The lowest BCUT2D eigenvalue weighted by atomic mass is 9.96. The van der Waals surface area contributed by atoms with Crippen molar-refractivity contribution in [2.75, 3.05) is 0 Å². The fourth-order valence-electron chi connectivity index (χ4n) is 2.15. The summed E-state index contributed by atoms with van der Waals surface area (Å²) in [5.41, 5.74) is 0. The van der Waals surface area contributed by atoms with E-state index in [1.54, 1.807) is 0 Å². The molecule has 1 rings (SSSR count). The Balaban J connectivity index is 2.11. The van der Waals surface area contributed by atoms with Gasteiger partial charge < -0.3 is 4.79 Å². The van der Waals surface area contributed by atoms with E-state index in [1.807, 2.05) is 6.92 Å². The molecule has 0 aromatic carbocycles. The lowest BCUT2D eigenvalue weighted by Crippen LogP contribution is -2.01. The van der Waals surface area contributed by atoms with Crippen LogP contribution in [0.3, 0.4) is 0 Å². The molecule has 0 bridgehead atoms. The van der Waals surface area contributed by atoms with E-state index < -0.39 is 0 Å². The predicted octanol–water partition coefficient (Wildman–Crippen LogP) is 3.04. The summed E-state index contributed by atoms with van der Waals surface area (Å²) in [6.45, 7) is 4.36. The van der Waals surface area contributed by atoms with Gasteiger partial charge in [0.2, 0.25) is 0 Å². The molecule has 70 valence electrons. The minimum Gasteiger partial charge on any atom is -0.303 e. The van der Waals surface area contributed by atoms with Gasteiger partial charge in [0.15, 0.2) is 0 Å². The van der Waals surface area contributed by atoms with Crippen LogP contribution in [-0.4, -0.2) is 6.29 Å². The first-order valence-corrected chi connectivity index (χ1v) is 5.17. The molecule has 0 aromatic heterocycles. The number of aldehydes is 1. The maximum atomic E-state index is 10.4. The van der Waals surface area contributed by atoms with Crippen molar-refractivity contribution >= 4 is 6.29 Å². The fraction of sp³-hybridized carbons (Fsp3) is 0.909. The highest BCUT2D eigenvalue weighted by Crippen LogP contribution is 2.33. The third-order valence-electron chi connectivity index (χ3n) is 3.07. The van der Waals surface area contributed by atoms with E-state index in [9.17, 15) is 4.79 Å². The zero-order chi connectivity index (χ0) is 8.97. The lowest BCUT2D eigenvalue weighted by molar-refractivity contribution is -0.110. The van der Waals surface area contributed by atoms with Crippen molar-refractivity contribution in [3.8, 4) is 0 Å². The molecule has 1 aliphatic rings. The van der Waals surface area contributed by atoms with Crippen molar-refractivity contribution in [2.24, 2.45) is 17.8 Å². The van der Waals surface area contributed by atoms with Crippen LogP contribution in [0, 0.1) is 17.8 Å². The molecule has 0 N–H and O–H groups in total. The number of carbonyl (C=O) groups is 1. The standard InChI is InChI=1S/C11H20O/c1-9-3-5-11(7-9)6-4-10(2)8-12/h8-11H,3-7H2,1-2H3. The van der Waals surface area contributed by atoms with Gasteiger partial charge in [0, 0.05) is 5.92 Å². The van der Waals surface area contributed by atoms with Crippen LogP contribution in [0.4, 0.5) is 0 Å². The van der Waals surface area contributed by atoms with Crippen LogP contribution in [-0.2, 0) is 4.79 Å². The maximum Gasteiger partial charge on any atom is 0.122 e. The van der Waals surface area contributed by atoms with Crippen LogP contribution >= 0.6 is 0 Å². The van der Waals surface area contributed by atoms with Crippen LogP contribution in [0.5, 0.6) is 0 Å². The molecule has 0 aromatic rings. The zero-order valence-electron chi connectivity index (χ0n) is 8.25. The minimum absolute atomic E-state index is 0.279. The Hall–Kier alpha value is -0.330. The van der Waals surface area contributed by atoms with Crippen molar-refractivity contribution in [1.82, 2.24) is 0 Å². The minimum atomic E-state index is 0.279. The summed E-state index contributed by atoms with van der Waals surface area (Å²) >= 11 is 0. The van der Waals surface area contributed by atoms with Gasteiger partial charge in [-0.15, -0.1) is 0 Å². The third-order valence-corrected chi connectivity index (χ3v) is 3.07. The molecule has 1 saturated carbocycles. The molecule has 1 aliphatic carbocycles. The molecule has 1 nitrogen and oxygen atoms in total. The first kappa shape index (κ1) is 9.76. The van der Waals surface area contributed by atoms with E-state index in [2.05, 4.69) is 6.92 Å². The van der Waals surface area contributed by atoms with Crippen molar-refractivity contribution < 1.29 is 4.79 Å². The van der Waals surface area contributed by atoms with Crippen molar-refractivity contribution in [3.63, 3.8) is 0 Å². The highest BCUT2D eigenvalue weighted by molar-refractivity contribution is 5.52. The van der Waals surface area contributed by atoms with E-state index >= 15 is 0 Å². The van der Waals surface area contributed by atoms with Crippen LogP contribution in [0.15, 0.2) is 0 Å². The zero-order valence-corrected chi connectivity index (χ0v) is 8.25. The van der Waals surface area contributed by atoms with Gasteiger partial charge in [-0.1, -0.05) is 26.7 Å². The maximum absolute atomic E-state index is 10.4. The largest absolute Gasteiger partial charge is 0.303 e. The van der Waals surface area contributed by atoms with Crippen LogP contribution in [0.25, 0.3) is 0 Å². The van der Waals surface area contributed by atoms with Crippen LogP contribution < -0.4 is 0 Å². The Morgan fingerprint density at radius 3 is 2.75 bits per heavy atom. The lowest BCUT2D eigenvalue weighted by Gasteiger charge is -2.09. The summed E-state index contributed by atoms with van der Waals surface area (Å²) in [6.07, 6.45) is 7.64. The summed E-state index contributed by atoms with van der Waals surface area (Å²) in [5, 5.41) is 0. The summed E-state index contributed by atoms with van der Waals surface area (Å²) in [6, 6.07) is 0. The van der Waals surface area contributed by atoms with Crippen molar-refractivity contribution in [2.45, 2.75) is 46.0 Å². The molecule has 1 heteroatoms. The molecule has 0 spiro atoms. The quantitative estimate of drug-likeness (QED) is 0.590. The Morgan fingerprint density at radius 1 is 1.50 bits per heavy atom. The molecular formula is C11H20O. The molecule has 0 radical (unpaired) electrons. The molecular weight excluding hydrogens is 148 g/mol. The van der Waals surface area contributed by atoms with E-state index in [4.69, 9.17) is 0 Å². The van der Waals surface area contributed by atoms with Gasteiger partial charge >= 0.3 is 0 Å². The monoisotopic (exact) mass is 168 g/mol. The van der Waals surface area contributed by atoms with E-state index in [1.165, 1.54) is 25.7 Å². The van der Waals surface area contributed by atoms with E-state index in [0.717, 1.165) is 24.5 Å². The number of rotatable bonds is 4. The summed E-state index contributed by atoms with van der Waals surface area (Å²) < 4.78 is 0. The number of hydrogen-bond acceptors (Lipinski definition) is 1. The van der Waals surface area contributed by atoms with Crippen molar-refractivity contribution in [1.29, 1.82) is 0 Å². The second-order valence-electron chi connectivity index (χ2n) is 4.47. The van der Waals surface area contributed by atoms with E-state index in [0.29, 0.717) is 0 Å². The predicted molar refractivity (Wildman–Crippen MR) is 51.0 cm³/mol. The molecule has 3 atom stereocenters. The Bertz CT molecular complexity index is 142. The molecule has 3 unspecified atom stereocenters. The fourth-order valence-corrected chi connectivity index (χ4v) is 2.15. The number of hydrogen-bond donors (Lipinski definition) is 0. The molecule has 0 saturated heterocycles. The summed E-state index contributed by atoms with van der Waals surface area (Å²) in [4.78, 5) is 10.4. The summed E-state index contributed by atoms with van der Waals surface area (Å²) in [5.74, 6) is 2.13. The second kappa shape index (κ2) is 4.64.